The van der Waals surface area contributed by atoms with E-state index in [-0.39, 0.29) is 23.3 Å². The highest BCUT2D eigenvalue weighted by Gasteiger charge is 2.29. The summed E-state index contributed by atoms with van der Waals surface area (Å²) < 4.78 is 23.4. The number of sulfone groups is 1. The Labute approximate surface area is 113 Å². The molecule has 18 heavy (non-hydrogen) atoms. The van der Waals surface area contributed by atoms with Crippen LogP contribution in [0.4, 0.5) is 0 Å². The molecule has 0 radical (unpaired) electrons. The van der Waals surface area contributed by atoms with Crippen LogP contribution in [0, 0.1) is 5.92 Å². The third kappa shape index (κ3) is 3.25. The van der Waals surface area contributed by atoms with Crippen LogP contribution in [0.5, 0.6) is 0 Å². The molecule has 2 rings (SSSR count). The van der Waals surface area contributed by atoms with Gasteiger partial charge in [-0.1, -0.05) is 23.7 Å². The molecule has 2 atom stereocenters. The molecule has 5 heteroatoms. The first kappa shape index (κ1) is 13.8. The minimum absolute atomic E-state index is 0.226. The van der Waals surface area contributed by atoms with Crippen LogP contribution in [0.25, 0.3) is 0 Å². The second-order valence-electron chi connectivity index (χ2n) is 4.88. The molecule has 0 bridgehead atoms. The molecule has 2 N–H and O–H groups in total. The summed E-state index contributed by atoms with van der Waals surface area (Å²) in [4.78, 5) is 0. The average Bonchev–Trinajstić information content (AvgIpc) is 2.49. The van der Waals surface area contributed by atoms with Crippen molar-refractivity contribution in [2.75, 3.05) is 18.1 Å². The lowest BCUT2D eigenvalue weighted by atomic mass is 9.82. The molecule has 1 aliphatic heterocycles. The van der Waals surface area contributed by atoms with Crippen molar-refractivity contribution < 1.29 is 8.42 Å². The monoisotopic (exact) mass is 287 g/mol. The fourth-order valence-corrected chi connectivity index (χ4v) is 4.21. The summed E-state index contributed by atoms with van der Waals surface area (Å²) in [6.45, 7) is 0.531. The minimum atomic E-state index is -2.89. The van der Waals surface area contributed by atoms with Crippen molar-refractivity contribution in [3.63, 3.8) is 0 Å². The van der Waals surface area contributed by atoms with Gasteiger partial charge in [-0.2, -0.15) is 0 Å². The van der Waals surface area contributed by atoms with Gasteiger partial charge < -0.3 is 5.73 Å². The van der Waals surface area contributed by atoms with E-state index in [0.717, 1.165) is 5.56 Å². The molecule has 0 spiro atoms. The lowest BCUT2D eigenvalue weighted by Gasteiger charge is -2.23. The Hall–Kier alpha value is -0.580. The second kappa shape index (κ2) is 5.59. The van der Waals surface area contributed by atoms with Gasteiger partial charge in [0.2, 0.25) is 0 Å². The quantitative estimate of drug-likeness (QED) is 0.907. The van der Waals surface area contributed by atoms with Gasteiger partial charge in [0.15, 0.2) is 0 Å². The summed E-state index contributed by atoms with van der Waals surface area (Å²) in [5.74, 6) is 0.989. The fourth-order valence-electron chi connectivity index (χ4n) is 2.61. The molecular formula is C13H18ClNO2S. The van der Waals surface area contributed by atoms with Gasteiger partial charge in [0.05, 0.1) is 11.5 Å². The maximum atomic E-state index is 11.7. The number of rotatable bonds is 2. The highest BCUT2D eigenvalue weighted by atomic mass is 35.5. The Morgan fingerprint density at radius 3 is 2.39 bits per heavy atom. The first-order valence-corrected chi connectivity index (χ1v) is 8.38. The van der Waals surface area contributed by atoms with E-state index in [1.807, 2.05) is 24.3 Å². The van der Waals surface area contributed by atoms with Crippen LogP contribution >= 0.6 is 11.6 Å². The summed E-state index contributed by atoms with van der Waals surface area (Å²) in [7, 11) is -2.89. The van der Waals surface area contributed by atoms with Crippen molar-refractivity contribution >= 4 is 21.4 Å². The van der Waals surface area contributed by atoms with E-state index < -0.39 is 9.84 Å². The zero-order chi connectivity index (χ0) is 13.2. The Morgan fingerprint density at radius 1 is 1.17 bits per heavy atom. The molecule has 2 unspecified atom stereocenters. The number of benzene rings is 1. The molecule has 1 fully saturated rings. The van der Waals surface area contributed by atoms with Crippen LogP contribution in [0.1, 0.15) is 24.3 Å². The van der Waals surface area contributed by atoms with Crippen LogP contribution < -0.4 is 5.73 Å². The number of hydrogen-bond acceptors (Lipinski definition) is 3. The standard InChI is InChI=1S/C13H18ClNO2S/c14-12-3-1-10(2-4-12)13-6-8-18(16,17)7-5-11(13)9-15/h1-4,11,13H,5-9,15H2. The molecule has 0 amide bonds. The number of hydrogen-bond donors (Lipinski definition) is 1. The van der Waals surface area contributed by atoms with Gasteiger partial charge in [-0.3, -0.25) is 0 Å². The predicted octanol–water partition coefficient (Wildman–Crippen LogP) is 2.21. The van der Waals surface area contributed by atoms with Crippen LogP contribution in [-0.4, -0.2) is 26.5 Å². The molecule has 1 aliphatic rings. The lowest BCUT2D eigenvalue weighted by Crippen LogP contribution is -2.22. The minimum Gasteiger partial charge on any atom is -0.330 e. The zero-order valence-electron chi connectivity index (χ0n) is 10.2. The molecule has 1 aromatic carbocycles. The molecule has 3 nitrogen and oxygen atoms in total. The average molecular weight is 288 g/mol. The van der Waals surface area contributed by atoms with Crippen LogP contribution in [0.15, 0.2) is 24.3 Å². The van der Waals surface area contributed by atoms with Crippen molar-refractivity contribution in [1.29, 1.82) is 0 Å². The predicted molar refractivity (Wildman–Crippen MR) is 74.6 cm³/mol. The van der Waals surface area contributed by atoms with E-state index in [2.05, 4.69) is 0 Å². The molecule has 0 saturated carbocycles. The SMILES string of the molecule is NCC1CCS(=O)(=O)CCC1c1ccc(Cl)cc1. The van der Waals surface area contributed by atoms with Crippen molar-refractivity contribution in [1.82, 2.24) is 0 Å². The summed E-state index contributed by atoms with van der Waals surface area (Å²) in [5, 5.41) is 0.698. The third-order valence-corrected chi connectivity index (χ3v) is 5.68. The van der Waals surface area contributed by atoms with Crippen molar-refractivity contribution in [2.24, 2.45) is 11.7 Å². The highest BCUT2D eigenvalue weighted by Crippen LogP contribution is 2.34. The first-order chi connectivity index (χ1) is 8.52. The second-order valence-corrected chi connectivity index (χ2v) is 7.62. The molecule has 100 valence electrons. The lowest BCUT2D eigenvalue weighted by molar-refractivity contribution is 0.420. The van der Waals surface area contributed by atoms with Gasteiger partial charge in [0.1, 0.15) is 9.84 Å². The van der Waals surface area contributed by atoms with Crippen molar-refractivity contribution in [2.45, 2.75) is 18.8 Å². The van der Waals surface area contributed by atoms with Gasteiger partial charge in [0.25, 0.3) is 0 Å². The topological polar surface area (TPSA) is 60.2 Å². The zero-order valence-corrected chi connectivity index (χ0v) is 11.8. The van der Waals surface area contributed by atoms with Crippen molar-refractivity contribution in [3.8, 4) is 0 Å². The van der Waals surface area contributed by atoms with Gasteiger partial charge in [-0.05, 0) is 48.9 Å². The summed E-state index contributed by atoms with van der Waals surface area (Å²) >= 11 is 5.88. The smallest absolute Gasteiger partial charge is 0.150 e. The van der Waals surface area contributed by atoms with E-state index >= 15 is 0 Å². The summed E-state index contributed by atoms with van der Waals surface area (Å²) in [5.41, 5.74) is 6.94. The number of nitrogens with two attached hydrogens (primary N) is 1. The van der Waals surface area contributed by atoms with Gasteiger partial charge in [-0.15, -0.1) is 0 Å². The first-order valence-electron chi connectivity index (χ1n) is 6.18. The van der Waals surface area contributed by atoms with E-state index in [1.54, 1.807) is 0 Å². The summed E-state index contributed by atoms with van der Waals surface area (Å²) in [6.07, 6.45) is 1.32. The molecule has 0 aliphatic carbocycles. The maximum absolute atomic E-state index is 11.7. The Balaban J connectivity index is 2.26. The molecule has 0 aromatic heterocycles. The van der Waals surface area contributed by atoms with E-state index in [1.165, 1.54) is 0 Å². The Morgan fingerprint density at radius 2 is 1.78 bits per heavy atom. The normalized spacial score (nSPS) is 27.7. The summed E-state index contributed by atoms with van der Waals surface area (Å²) in [6, 6.07) is 7.66. The largest absolute Gasteiger partial charge is 0.330 e. The van der Waals surface area contributed by atoms with Gasteiger partial charge >= 0.3 is 0 Å². The number of halogens is 1. The van der Waals surface area contributed by atoms with Crippen molar-refractivity contribution in [3.05, 3.63) is 34.9 Å². The van der Waals surface area contributed by atoms with Crippen LogP contribution in [0.3, 0.4) is 0 Å². The highest BCUT2D eigenvalue weighted by molar-refractivity contribution is 7.91. The third-order valence-electron chi connectivity index (χ3n) is 3.71. The molecule has 1 aromatic rings. The van der Waals surface area contributed by atoms with E-state index in [0.29, 0.717) is 24.4 Å². The molecule has 1 heterocycles. The van der Waals surface area contributed by atoms with Gasteiger partial charge in [0, 0.05) is 5.02 Å². The Kier molecular flexibility index (Phi) is 4.30. The molecule has 1 saturated heterocycles. The Bertz CT molecular complexity index is 498. The maximum Gasteiger partial charge on any atom is 0.150 e. The fraction of sp³-hybridized carbons (Fsp3) is 0.538. The molecular weight excluding hydrogens is 270 g/mol. The van der Waals surface area contributed by atoms with Crippen LogP contribution in [-0.2, 0) is 9.84 Å². The van der Waals surface area contributed by atoms with E-state index in [9.17, 15) is 8.42 Å². The van der Waals surface area contributed by atoms with Gasteiger partial charge in [-0.25, -0.2) is 8.42 Å². The van der Waals surface area contributed by atoms with Crippen LogP contribution in [0.2, 0.25) is 5.02 Å². The van der Waals surface area contributed by atoms with E-state index in [4.69, 9.17) is 17.3 Å².